The molecule has 0 bridgehead atoms. The molecule has 4 nitrogen and oxygen atoms in total. The fourth-order valence-electron chi connectivity index (χ4n) is 5.01. The van der Waals surface area contributed by atoms with Crippen molar-refractivity contribution in [1.29, 1.82) is 0 Å². The molecule has 3 saturated heterocycles. The average Bonchev–Trinajstić information content (AvgIpc) is 2.98. The first-order chi connectivity index (χ1) is 10.3. The molecule has 0 atom stereocenters. The van der Waals surface area contributed by atoms with Gasteiger partial charge in [0.1, 0.15) is 0 Å². The van der Waals surface area contributed by atoms with Crippen molar-refractivity contribution in [3.63, 3.8) is 0 Å². The van der Waals surface area contributed by atoms with Gasteiger partial charge in [-0.05, 0) is 70.1 Å². The molecule has 3 aliphatic heterocycles. The predicted octanol–water partition coefficient (Wildman–Crippen LogP) is 2.14. The SMILES string of the molecule is C1CC2(CCN1)CCN(C1CCC3(CC1)OCCO3)CC2. The molecule has 1 N–H and O–H groups in total. The van der Waals surface area contributed by atoms with Crippen LogP contribution in [0.25, 0.3) is 0 Å². The van der Waals surface area contributed by atoms with Crippen molar-refractivity contribution in [2.75, 3.05) is 39.4 Å². The van der Waals surface area contributed by atoms with Gasteiger partial charge in [-0.1, -0.05) is 0 Å². The Hall–Kier alpha value is -0.160. The molecule has 21 heavy (non-hydrogen) atoms. The molecule has 0 amide bonds. The Morgan fingerprint density at radius 2 is 1.43 bits per heavy atom. The van der Waals surface area contributed by atoms with Gasteiger partial charge < -0.3 is 19.7 Å². The number of hydrogen-bond acceptors (Lipinski definition) is 4. The van der Waals surface area contributed by atoms with E-state index in [1.807, 2.05) is 0 Å². The molecule has 2 spiro atoms. The maximum atomic E-state index is 5.86. The summed E-state index contributed by atoms with van der Waals surface area (Å²) in [4.78, 5) is 2.77. The first-order valence-corrected chi connectivity index (χ1v) is 9.02. The quantitative estimate of drug-likeness (QED) is 0.803. The van der Waals surface area contributed by atoms with Crippen LogP contribution in [0.4, 0.5) is 0 Å². The van der Waals surface area contributed by atoms with Crippen molar-refractivity contribution >= 4 is 0 Å². The first-order valence-electron chi connectivity index (χ1n) is 9.02. The molecule has 3 heterocycles. The second-order valence-electron chi connectivity index (χ2n) is 7.62. The number of likely N-dealkylation sites (tertiary alicyclic amines) is 1. The second kappa shape index (κ2) is 5.80. The third-order valence-corrected chi connectivity index (χ3v) is 6.57. The monoisotopic (exact) mass is 294 g/mol. The van der Waals surface area contributed by atoms with E-state index in [1.165, 1.54) is 64.7 Å². The third-order valence-electron chi connectivity index (χ3n) is 6.57. The number of nitrogens with zero attached hydrogens (tertiary/aromatic N) is 1. The molecule has 0 aromatic carbocycles. The molecule has 4 heteroatoms. The van der Waals surface area contributed by atoms with Crippen LogP contribution in [0.15, 0.2) is 0 Å². The van der Waals surface area contributed by atoms with Crippen LogP contribution in [0.1, 0.15) is 51.4 Å². The van der Waals surface area contributed by atoms with Gasteiger partial charge in [-0.2, -0.15) is 0 Å². The molecule has 4 fully saturated rings. The lowest BCUT2D eigenvalue weighted by Gasteiger charge is -2.48. The van der Waals surface area contributed by atoms with E-state index >= 15 is 0 Å². The zero-order valence-electron chi connectivity index (χ0n) is 13.2. The smallest absolute Gasteiger partial charge is 0.168 e. The van der Waals surface area contributed by atoms with E-state index in [9.17, 15) is 0 Å². The van der Waals surface area contributed by atoms with Gasteiger partial charge in [0, 0.05) is 18.9 Å². The highest BCUT2D eigenvalue weighted by Gasteiger charge is 2.43. The van der Waals surface area contributed by atoms with Gasteiger partial charge in [0.25, 0.3) is 0 Å². The lowest BCUT2D eigenvalue weighted by molar-refractivity contribution is -0.185. The van der Waals surface area contributed by atoms with E-state index in [4.69, 9.17) is 9.47 Å². The lowest BCUT2D eigenvalue weighted by Crippen LogP contribution is -2.50. The van der Waals surface area contributed by atoms with E-state index in [0.717, 1.165) is 32.1 Å². The molecule has 120 valence electrons. The van der Waals surface area contributed by atoms with Crippen LogP contribution in [0, 0.1) is 5.41 Å². The summed E-state index contributed by atoms with van der Waals surface area (Å²) >= 11 is 0. The Morgan fingerprint density at radius 1 is 0.810 bits per heavy atom. The molecule has 0 aromatic heterocycles. The fraction of sp³-hybridized carbons (Fsp3) is 1.00. The van der Waals surface area contributed by atoms with E-state index in [0.29, 0.717) is 5.41 Å². The van der Waals surface area contributed by atoms with Crippen LogP contribution < -0.4 is 5.32 Å². The minimum atomic E-state index is -0.192. The average molecular weight is 294 g/mol. The Bertz CT molecular complexity index is 342. The molecule has 4 aliphatic rings. The van der Waals surface area contributed by atoms with Crippen molar-refractivity contribution in [3.8, 4) is 0 Å². The minimum Gasteiger partial charge on any atom is -0.348 e. The molecule has 1 aliphatic carbocycles. The van der Waals surface area contributed by atoms with E-state index in [1.54, 1.807) is 0 Å². The third kappa shape index (κ3) is 2.88. The van der Waals surface area contributed by atoms with Crippen LogP contribution in [0.3, 0.4) is 0 Å². The van der Waals surface area contributed by atoms with Crippen LogP contribution in [-0.4, -0.2) is 56.1 Å². The number of ether oxygens (including phenoxy) is 2. The van der Waals surface area contributed by atoms with Gasteiger partial charge in [0.2, 0.25) is 0 Å². The summed E-state index contributed by atoms with van der Waals surface area (Å²) in [5, 5.41) is 3.52. The maximum absolute atomic E-state index is 5.86. The fourth-order valence-corrected chi connectivity index (χ4v) is 5.01. The van der Waals surface area contributed by atoms with Gasteiger partial charge in [0.05, 0.1) is 13.2 Å². The largest absolute Gasteiger partial charge is 0.348 e. The number of hydrogen-bond donors (Lipinski definition) is 1. The maximum Gasteiger partial charge on any atom is 0.168 e. The topological polar surface area (TPSA) is 33.7 Å². The number of nitrogens with one attached hydrogen (secondary N) is 1. The zero-order chi connectivity index (χ0) is 14.2. The summed E-state index contributed by atoms with van der Waals surface area (Å²) < 4.78 is 11.7. The van der Waals surface area contributed by atoms with E-state index in [-0.39, 0.29) is 5.79 Å². The number of piperidine rings is 2. The standard InChI is InChI=1S/C17H30N2O2/c1-3-17(20-13-14-21-17)4-2-15(1)19-11-7-16(8-12-19)5-9-18-10-6-16/h15,18H,1-14H2. The summed E-state index contributed by atoms with van der Waals surface area (Å²) in [7, 11) is 0. The summed E-state index contributed by atoms with van der Waals surface area (Å²) in [6.45, 7) is 6.70. The number of rotatable bonds is 1. The Labute approximate surface area is 128 Å². The van der Waals surface area contributed by atoms with Crippen molar-refractivity contribution in [1.82, 2.24) is 10.2 Å². The molecule has 1 saturated carbocycles. The van der Waals surface area contributed by atoms with Crippen LogP contribution in [0.5, 0.6) is 0 Å². The molecular weight excluding hydrogens is 264 g/mol. The van der Waals surface area contributed by atoms with Crippen LogP contribution in [0.2, 0.25) is 0 Å². The summed E-state index contributed by atoms with van der Waals surface area (Å²) in [6.07, 6.45) is 10.4. The summed E-state index contributed by atoms with van der Waals surface area (Å²) in [6, 6.07) is 0.780. The summed E-state index contributed by atoms with van der Waals surface area (Å²) in [5.74, 6) is -0.192. The summed E-state index contributed by atoms with van der Waals surface area (Å²) in [5.41, 5.74) is 0.676. The highest BCUT2D eigenvalue weighted by atomic mass is 16.7. The van der Waals surface area contributed by atoms with E-state index < -0.39 is 0 Å². The van der Waals surface area contributed by atoms with Gasteiger partial charge in [-0.3, -0.25) is 0 Å². The van der Waals surface area contributed by atoms with Crippen molar-refractivity contribution in [2.24, 2.45) is 5.41 Å². The molecule has 4 rings (SSSR count). The molecular formula is C17H30N2O2. The van der Waals surface area contributed by atoms with Crippen molar-refractivity contribution in [3.05, 3.63) is 0 Å². The van der Waals surface area contributed by atoms with Crippen molar-refractivity contribution in [2.45, 2.75) is 63.2 Å². The van der Waals surface area contributed by atoms with Gasteiger partial charge >= 0.3 is 0 Å². The Kier molecular flexibility index (Phi) is 3.99. The normalized spacial score (nSPS) is 33.7. The van der Waals surface area contributed by atoms with Crippen molar-refractivity contribution < 1.29 is 9.47 Å². The molecule has 0 aromatic rings. The van der Waals surface area contributed by atoms with E-state index in [2.05, 4.69) is 10.2 Å². The van der Waals surface area contributed by atoms with Crippen LogP contribution >= 0.6 is 0 Å². The van der Waals surface area contributed by atoms with Crippen LogP contribution in [-0.2, 0) is 9.47 Å². The Morgan fingerprint density at radius 3 is 2.05 bits per heavy atom. The zero-order valence-corrected chi connectivity index (χ0v) is 13.2. The lowest BCUT2D eigenvalue weighted by atomic mass is 9.71. The highest BCUT2D eigenvalue weighted by Crippen LogP contribution is 2.42. The van der Waals surface area contributed by atoms with Gasteiger partial charge in [-0.15, -0.1) is 0 Å². The second-order valence-corrected chi connectivity index (χ2v) is 7.62. The highest BCUT2D eigenvalue weighted by molar-refractivity contribution is 4.93. The Balaban J connectivity index is 1.29. The van der Waals surface area contributed by atoms with Gasteiger partial charge in [0.15, 0.2) is 5.79 Å². The molecule has 0 unspecified atom stereocenters. The predicted molar refractivity (Wildman–Crippen MR) is 82.2 cm³/mol. The minimum absolute atomic E-state index is 0.192. The van der Waals surface area contributed by atoms with Gasteiger partial charge in [-0.25, -0.2) is 0 Å². The first kappa shape index (κ1) is 14.4. The molecule has 0 radical (unpaired) electrons.